The van der Waals surface area contributed by atoms with Crippen LogP contribution in [-0.4, -0.2) is 361 Å². The Morgan fingerprint density at radius 3 is 1.03 bits per heavy atom. The Morgan fingerprint density at radius 1 is 0.348 bits per heavy atom. The fraction of sp³-hybridized carbons (Fsp3) is 0.921. The lowest BCUT2D eigenvalue weighted by atomic mass is 9.84. The molecular formula is C76H135O38P. The number of allylic oxidation sites excluding steroid dienone is 4. The van der Waals surface area contributed by atoms with Crippen LogP contribution < -0.4 is 0 Å². The van der Waals surface area contributed by atoms with Crippen molar-refractivity contribution in [3.8, 4) is 0 Å². The molecule has 0 aromatic heterocycles. The third-order valence-electron chi connectivity index (χ3n) is 21.6. The quantitative estimate of drug-likeness (QED) is 0.0140. The summed E-state index contributed by atoms with van der Waals surface area (Å²) in [6, 6.07) is 0. The summed E-state index contributed by atoms with van der Waals surface area (Å²) in [5, 5.41) is 217. The van der Waals surface area contributed by atoms with Gasteiger partial charge in [0.15, 0.2) is 37.6 Å². The largest absolute Gasteiger partial charge is 0.472 e. The number of aliphatic hydroxyl groups excluding tert-OH is 20. The van der Waals surface area contributed by atoms with Crippen molar-refractivity contribution in [3.05, 3.63) is 24.3 Å². The summed E-state index contributed by atoms with van der Waals surface area (Å²) in [5.41, 5.74) is 0. The molecule has 6 aliphatic rings. The molecule has 5 heterocycles. The van der Waals surface area contributed by atoms with Crippen LogP contribution >= 0.6 is 7.82 Å². The molecule has 33 atom stereocenters. The maximum atomic E-state index is 14.5. The van der Waals surface area contributed by atoms with Crippen LogP contribution in [0.4, 0.5) is 0 Å². The maximum absolute atomic E-state index is 14.5. The van der Waals surface area contributed by atoms with Gasteiger partial charge in [0.25, 0.3) is 0 Å². The van der Waals surface area contributed by atoms with Gasteiger partial charge in [0.05, 0.1) is 39.6 Å². The van der Waals surface area contributed by atoms with E-state index in [0.29, 0.717) is 25.7 Å². The molecular weight excluding hydrogens is 1550 g/mol. The third kappa shape index (κ3) is 32.2. The molecule has 672 valence electrons. The Kier molecular flexibility index (Phi) is 46.9. The van der Waals surface area contributed by atoms with Crippen LogP contribution in [0.15, 0.2) is 24.3 Å². The molecule has 38 nitrogen and oxygen atoms in total. The molecule has 6 fully saturated rings. The highest BCUT2D eigenvalue weighted by Gasteiger charge is 2.59. The van der Waals surface area contributed by atoms with Gasteiger partial charge in [-0.1, -0.05) is 167 Å². The first-order chi connectivity index (χ1) is 55.0. The van der Waals surface area contributed by atoms with Gasteiger partial charge in [0, 0.05) is 12.8 Å². The van der Waals surface area contributed by atoms with Gasteiger partial charge >= 0.3 is 19.8 Å². The molecule has 14 unspecified atom stereocenters. The highest BCUT2D eigenvalue weighted by Crippen LogP contribution is 2.49. The van der Waals surface area contributed by atoms with Crippen LogP contribution in [0.1, 0.15) is 200 Å². The number of hydrogen-bond donors (Lipinski definition) is 21. The fourth-order valence-electron chi connectivity index (χ4n) is 14.3. The van der Waals surface area contributed by atoms with Gasteiger partial charge in [-0.3, -0.25) is 18.6 Å². The average Bonchev–Trinajstić information content (AvgIpc) is 0.759. The number of rotatable bonds is 54. The highest BCUT2D eigenvalue weighted by atomic mass is 31.2. The summed E-state index contributed by atoms with van der Waals surface area (Å²) in [7, 11) is -5.86. The summed E-state index contributed by atoms with van der Waals surface area (Å²) < 4.78 is 93.0. The van der Waals surface area contributed by atoms with E-state index in [4.69, 9.17) is 65.9 Å². The number of unbranched alkanes of at least 4 members (excludes halogenated alkanes) is 23. The van der Waals surface area contributed by atoms with Crippen LogP contribution in [0.25, 0.3) is 0 Å². The second-order valence-electron chi connectivity index (χ2n) is 30.8. The zero-order valence-electron chi connectivity index (χ0n) is 66.0. The Bertz CT molecular complexity index is 2750. The summed E-state index contributed by atoms with van der Waals surface area (Å²) in [6.07, 6.45) is -30.4. The zero-order chi connectivity index (χ0) is 84.3. The number of carbonyl (C=O) groups excluding carboxylic acids is 2. The molecule has 0 spiro atoms. The van der Waals surface area contributed by atoms with Crippen molar-refractivity contribution in [1.82, 2.24) is 0 Å². The van der Waals surface area contributed by atoms with Crippen molar-refractivity contribution in [3.63, 3.8) is 0 Å². The maximum Gasteiger partial charge on any atom is 0.472 e. The predicted octanol–water partition coefficient (Wildman–Crippen LogP) is -1.65. The minimum atomic E-state index is -5.86. The van der Waals surface area contributed by atoms with Crippen LogP contribution in [-0.2, 0) is 80.0 Å². The number of carbonyl (C=O) groups is 2. The van der Waals surface area contributed by atoms with Gasteiger partial charge in [0.2, 0.25) is 0 Å². The molecule has 0 aromatic rings. The van der Waals surface area contributed by atoms with E-state index >= 15 is 0 Å². The van der Waals surface area contributed by atoms with E-state index in [9.17, 15) is 121 Å². The van der Waals surface area contributed by atoms with Gasteiger partial charge in [-0.25, -0.2) is 4.57 Å². The Labute approximate surface area is 671 Å². The normalized spacial score (nSPS) is 37.6. The Balaban J connectivity index is 1.13. The van der Waals surface area contributed by atoms with E-state index in [1.807, 2.05) is 0 Å². The second kappa shape index (κ2) is 53.4. The van der Waals surface area contributed by atoms with Crippen molar-refractivity contribution < 1.29 is 187 Å². The molecule has 115 heavy (non-hydrogen) atoms. The molecule has 39 heteroatoms. The number of hydrogen-bond acceptors (Lipinski definition) is 37. The van der Waals surface area contributed by atoms with Crippen molar-refractivity contribution in [2.45, 2.75) is 396 Å². The average molecular weight is 1690 g/mol. The molecule has 1 aliphatic carbocycles. The molecule has 5 aliphatic heterocycles. The molecule has 0 aromatic carbocycles. The highest BCUT2D eigenvalue weighted by molar-refractivity contribution is 7.47. The monoisotopic (exact) mass is 1690 g/mol. The lowest BCUT2D eigenvalue weighted by molar-refractivity contribution is -0.365. The zero-order valence-corrected chi connectivity index (χ0v) is 66.9. The minimum Gasteiger partial charge on any atom is -0.462 e. The second-order valence-corrected chi connectivity index (χ2v) is 32.2. The number of esters is 2. The van der Waals surface area contributed by atoms with Crippen LogP contribution in [0.2, 0.25) is 0 Å². The number of aliphatic hydroxyl groups is 20. The molecule has 0 amide bonds. The Morgan fingerprint density at radius 2 is 0.652 bits per heavy atom. The van der Waals surface area contributed by atoms with Gasteiger partial charge in [-0.05, 0) is 44.9 Å². The summed E-state index contributed by atoms with van der Waals surface area (Å²) in [5.74, 6) is -1.49. The molecule has 0 bridgehead atoms. The van der Waals surface area contributed by atoms with Crippen LogP contribution in [0.5, 0.6) is 0 Å². The summed E-state index contributed by atoms with van der Waals surface area (Å²) in [6.45, 7) is -1.92. The molecule has 1 saturated carbocycles. The smallest absolute Gasteiger partial charge is 0.462 e. The standard InChI is InChI=1S/C76H135O38P/c1-3-5-7-9-11-13-15-17-19-21-22-24-26-28-30-32-34-49(79)101-38-43(106-50(80)35-33-31-29-27-25-23-20-18-16-14-12-10-8-6-4-2)39-105-115(99,100)114-71-69(112-75-67(97)57(87)52(82)45(37-78)108-75)62(92)61(91)63(93)70(71)113-76-68(98)60(90)55(85)48(111-76)42-104-74-66(96)59(89)54(84)47(110-74)41-103-73-65(95)58(88)53(83)46(109-73)40-102-72-64(94)56(86)51(81)44(36-77)107-72/h13,15,19,21,43-48,51-78,81-98H,3-12,14,16-18,20,22-42H2,1-2H3,(H,99,100)/b15-13-,21-19-/t43-,44?,45?,46?,47?,48?,51+,52-,53+,54+,55+,56?,57?,58?,59?,60?,61+,62?,63?,64+,65+,66+,67-,68+,69-,70?,71+,72-,73-,74-,75-,76+/m1/s1. The number of phosphoric acid groups is 1. The molecule has 21 N–H and O–H groups in total. The van der Waals surface area contributed by atoms with E-state index in [0.717, 1.165) is 70.6 Å². The molecule has 0 radical (unpaired) electrons. The number of ether oxygens (including phenoxy) is 12. The summed E-state index contributed by atoms with van der Waals surface area (Å²) in [4.78, 5) is 38.4. The SMILES string of the molecule is CCCCCC/C=C\C/C=C\CCCCCCCC(=O)OC[C@H](COP(=O)(O)O[C@@H]1C(O[C@@H]2OC(CO[C@@H]3OC(CO[C@@H]4OC(CO[C@@H]5OC(CO)[C@H](O)C(O)[C@@H]5O)[C@H](O)C(O)[C@@H]4O)[C@H](O)C(O)[C@@H]3O)[C@H](O)C(O)[C@@H]2O)C(O)[C@@H](O)C(O)[C@H]1O[C@H]1OC(CO)[C@@H](O)C(O)[C@H]1O)OC(=O)CCCCCCCCCCCCCCCCC. The van der Waals surface area contributed by atoms with Gasteiger partial charge in [0.1, 0.15) is 165 Å². The van der Waals surface area contributed by atoms with E-state index in [2.05, 4.69) is 38.2 Å². The first-order valence-corrected chi connectivity index (χ1v) is 42.7. The predicted molar refractivity (Wildman–Crippen MR) is 398 cm³/mol. The van der Waals surface area contributed by atoms with Crippen LogP contribution in [0.3, 0.4) is 0 Å². The lowest BCUT2D eigenvalue weighted by Crippen LogP contribution is -2.69. The van der Waals surface area contributed by atoms with Gasteiger partial charge in [-0.15, -0.1) is 0 Å². The molecule has 6 rings (SSSR count). The topological polar surface area (TPSA) is 605 Å². The van der Waals surface area contributed by atoms with E-state index in [1.165, 1.54) is 77.0 Å². The van der Waals surface area contributed by atoms with E-state index in [1.54, 1.807) is 0 Å². The van der Waals surface area contributed by atoms with Crippen molar-refractivity contribution in [1.29, 1.82) is 0 Å². The molecule has 5 saturated heterocycles. The van der Waals surface area contributed by atoms with Crippen molar-refractivity contribution in [2.24, 2.45) is 0 Å². The third-order valence-corrected chi connectivity index (χ3v) is 22.5. The number of phosphoric ester groups is 1. The minimum absolute atomic E-state index is 0.0359. The first kappa shape index (κ1) is 101. The van der Waals surface area contributed by atoms with Crippen molar-refractivity contribution in [2.75, 3.05) is 46.2 Å². The Hall–Kier alpha value is -2.67. The fourth-order valence-corrected chi connectivity index (χ4v) is 15.3. The van der Waals surface area contributed by atoms with E-state index < -0.39 is 262 Å². The van der Waals surface area contributed by atoms with E-state index in [-0.39, 0.29) is 12.8 Å². The van der Waals surface area contributed by atoms with Gasteiger partial charge < -0.3 is 164 Å². The lowest BCUT2D eigenvalue weighted by Gasteiger charge is -2.49. The summed E-state index contributed by atoms with van der Waals surface area (Å²) >= 11 is 0. The van der Waals surface area contributed by atoms with Crippen molar-refractivity contribution >= 4 is 19.8 Å². The van der Waals surface area contributed by atoms with Gasteiger partial charge in [-0.2, -0.15) is 0 Å². The first-order valence-electron chi connectivity index (χ1n) is 41.2. The van der Waals surface area contributed by atoms with Crippen LogP contribution in [0, 0.1) is 0 Å².